The number of carbonyl (C=O) groups excluding carboxylic acids is 1. The molecule has 2 aromatic rings. The molecule has 1 aliphatic heterocycles. The quantitative estimate of drug-likeness (QED) is 0.478. The maximum Gasteiger partial charge on any atom is 0.431 e. The number of aromatic amines is 1. The third-order valence-corrected chi connectivity index (χ3v) is 7.40. The zero-order chi connectivity index (χ0) is 26.7. The highest BCUT2D eigenvalue weighted by Gasteiger charge is 2.33. The predicted octanol–water partition coefficient (Wildman–Crippen LogP) is 5.22. The first kappa shape index (κ1) is 27.3. The normalized spacial score (nSPS) is 16.8. The molecule has 0 spiro atoms. The van der Waals surface area contributed by atoms with Crippen LogP contribution in [-0.4, -0.2) is 42.8 Å². The van der Waals surface area contributed by atoms with Crippen molar-refractivity contribution >= 4 is 23.2 Å². The highest BCUT2D eigenvalue weighted by molar-refractivity contribution is 6.36. The van der Waals surface area contributed by atoms with Gasteiger partial charge in [0.05, 0.1) is 22.4 Å². The molecular formula is C26H31ClF3N3O4. The van der Waals surface area contributed by atoms with Gasteiger partial charge in [-0.2, -0.15) is 13.2 Å². The fraction of sp³-hybridized carbons (Fsp3) is 0.538. The Morgan fingerprint density at radius 3 is 2.49 bits per heavy atom. The lowest BCUT2D eigenvalue weighted by Crippen LogP contribution is -2.40. The number of hydrogen-bond acceptors (Lipinski definition) is 5. The van der Waals surface area contributed by atoms with Crippen LogP contribution >= 0.6 is 11.6 Å². The van der Waals surface area contributed by atoms with E-state index in [9.17, 15) is 22.8 Å². The highest BCUT2D eigenvalue weighted by Crippen LogP contribution is 2.38. The van der Waals surface area contributed by atoms with E-state index in [1.54, 1.807) is 6.07 Å². The van der Waals surface area contributed by atoms with Crippen molar-refractivity contribution in [1.29, 1.82) is 0 Å². The van der Waals surface area contributed by atoms with Gasteiger partial charge in [0.1, 0.15) is 11.4 Å². The van der Waals surface area contributed by atoms with Gasteiger partial charge in [-0.1, -0.05) is 11.6 Å². The number of pyridine rings is 1. The average molecular weight is 542 g/mol. The third-order valence-electron chi connectivity index (χ3n) is 7.00. The standard InChI is InChI=1S/C26H31ClF3N3O4/c1-3-33(16-7-9-36-10-8-16)21-13-18(37-17-5-4-6-17)12-19(23(21)27)24(34)31-14-20-15(2)11-22(26(28,29)30)32-25(20)35/h11-13,16-17H,3-10,14H2,1-2H3,(H,31,34)(H,32,35). The number of anilines is 1. The summed E-state index contributed by atoms with van der Waals surface area (Å²) in [6, 6.07) is 4.50. The largest absolute Gasteiger partial charge is 0.490 e. The maximum atomic E-state index is 13.3. The molecule has 2 N–H and O–H groups in total. The summed E-state index contributed by atoms with van der Waals surface area (Å²) >= 11 is 6.79. The molecule has 2 fully saturated rings. The van der Waals surface area contributed by atoms with Crippen molar-refractivity contribution in [3.63, 3.8) is 0 Å². The fourth-order valence-corrected chi connectivity index (χ4v) is 4.99. The van der Waals surface area contributed by atoms with Crippen LogP contribution in [0, 0.1) is 6.92 Å². The first-order valence-corrected chi connectivity index (χ1v) is 12.9. The molecule has 37 heavy (non-hydrogen) atoms. The number of benzene rings is 1. The molecule has 0 atom stereocenters. The topological polar surface area (TPSA) is 83.7 Å². The van der Waals surface area contributed by atoms with E-state index in [1.165, 1.54) is 6.92 Å². The minimum atomic E-state index is -4.67. The van der Waals surface area contributed by atoms with Crippen LogP contribution in [0.2, 0.25) is 5.02 Å². The minimum absolute atomic E-state index is 0.0389. The lowest BCUT2D eigenvalue weighted by atomic mass is 9.96. The molecule has 11 heteroatoms. The molecule has 1 saturated carbocycles. The number of nitrogens with zero attached hydrogens (tertiary/aromatic N) is 1. The number of nitrogens with one attached hydrogen (secondary N) is 2. The van der Waals surface area contributed by atoms with Gasteiger partial charge >= 0.3 is 6.18 Å². The summed E-state index contributed by atoms with van der Waals surface area (Å²) < 4.78 is 50.6. The summed E-state index contributed by atoms with van der Waals surface area (Å²) in [5, 5.41) is 2.90. The van der Waals surface area contributed by atoms with E-state index in [4.69, 9.17) is 21.1 Å². The minimum Gasteiger partial charge on any atom is -0.490 e. The van der Waals surface area contributed by atoms with Crippen LogP contribution in [0.5, 0.6) is 5.75 Å². The Kier molecular flexibility index (Phi) is 8.38. The first-order valence-electron chi connectivity index (χ1n) is 12.5. The number of alkyl halides is 3. The van der Waals surface area contributed by atoms with Crippen LogP contribution < -0.4 is 20.5 Å². The summed E-state index contributed by atoms with van der Waals surface area (Å²) in [4.78, 5) is 29.6. The zero-order valence-electron chi connectivity index (χ0n) is 20.8. The van der Waals surface area contributed by atoms with Gasteiger partial charge in [-0.05, 0) is 63.6 Å². The number of hydrogen-bond donors (Lipinski definition) is 2. The van der Waals surface area contributed by atoms with Crippen LogP contribution in [-0.2, 0) is 17.5 Å². The van der Waals surface area contributed by atoms with Crippen molar-refractivity contribution in [2.24, 2.45) is 0 Å². The molecule has 1 amide bonds. The second kappa shape index (κ2) is 11.3. The Balaban J connectivity index is 1.62. The SMILES string of the molecule is CCN(c1cc(OC2CCC2)cc(C(=O)NCc2c(C)cc(C(F)(F)F)[nH]c2=O)c1Cl)C1CCOCC1. The number of aryl methyl sites for hydroxylation is 1. The molecule has 2 heterocycles. The number of amides is 1. The molecule has 0 bridgehead atoms. The fourth-order valence-electron chi connectivity index (χ4n) is 4.68. The molecule has 1 aromatic carbocycles. The Hall–Kier alpha value is -2.72. The van der Waals surface area contributed by atoms with E-state index in [2.05, 4.69) is 10.2 Å². The third kappa shape index (κ3) is 6.23. The number of halogens is 4. The van der Waals surface area contributed by atoms with Crippen molar-refractivity contribution in [1.82, 2.24) is 10.3 Å². The zero-order valence-corrected chi connectivity index (χ0v) is 21.6. The first-order chi connectivity index (χ1) is 17.6. The lowest BCUT2D eigenvalue weighted by molar-refractivity contribution is -0.141. The van der Waals surface area contributed by atoms with Crippen molar-refractivity contribution in [2.75, 3.05) is 24.7 Å². The van der Waals surface area contributed by atoms with Crippen molar-refractivity contribution < 1.29 is 27.4 Å². The summed E-state index contributed by atoms with van der Waals surface area (Å²) in [5.74, 6) is -0.0182. The Labute approximate surface area is 218 Å². The molecule has 1 saturated heterocycles. The van der Waals surface area contributed by atoms with Gasteiger partial charge in [-0.25, -0.2) is 0 Å². The number of aromatic nitrogens is 1. The van der Waals surface area contributed by atoms with Gasteiger partial charge < -0.3 is 24.7 Å². The Bertz CT molecular complexity index is 1190. The molecule has 1 aromatic heterocycles. The number of ether oxygens (including phenoxy) is 2. The number of H-pyrrole nitrogens is 1. The molecule has 2 aliphatic rings. The average Bonchev–Trinajstić information content (AvgIpc) is 2.82. The maximum absolute atomic E-state index is 13.3. The smallest absolute Gasteiger partial charge is 0.431 e. The summed E-state index contributed by atoms with van der Waals surface area (Å²) in [5.41, 5.74) is -1.01. The van der Waals surface area contributed by atoms with E-state index in [0.717, 1.165) is 38.2 Å². The molecule has 7 nitrogen and oxygen atoms in total. The van der Waals surface area contributed by atoms with Crippen LogP contribution in [0.25, 0.3) is 0 Å². The summed E-state index contributed by atoms with van der Waals surface area (Å²) in [7, 11) is 0. The van der Waals surface area contributed by atoms with Gasteiger partial charge in [-0.15, -0.1) is 0 Å². The van der Waals surface area contributed by atoms with Crippen LogP contribution in [0.4, 0.5) is 18.9 Å². The van der Waals surface area contributed by atoms with Crippen LogP contribution in [0.1, 0.15) is 66.2 Å². The van der Waals surface area contributed by atoms with E-state index in [1.807, 2.05) is 18.0 Å². The molecule has 1 aliphatic carbocycles. The second-order valence-electron chi connectivity index (χ2n) is 9.46. The van der Waals surface area contributed by atoms with Gasteiger partial charge in [0.15, 0.2) is 0 Å². The van der Waals surface area contributed by atoms with Crippen molar-refractivity contribution in [3.8, 4) is 5.75 Å². The van der Waals surface area contributed by atoms with Crippen LogP contribution in [0.3, 0.4) is 0 Å². The van der Waals surface area contributed by atoms with E-state index in [0.29, 0.717) is 31.2 Å². The van der Waals surface area contributed by atoms with Gasteiger partial charge in [0.25, 0.3) is 11.5 Å². The molecular weight excluding hydrogens is 511 g/mol. The molecule has 0 radical (unpaired) electrons. The van der Waals surface area contributed by atoms with E-state index in [-0.39, 0.29) is 40.4 Å². The van der Waals surface area contributed by atoms with Crippen molar-refractivity contribution in [3.05, 3.63) is 56.0 Å². The van der Waals surface area contributed by atoms with Crippen LogP contribution in [0.15, 0.2) is 23.0 Å². The van der Waals surface area contributed by atoms with Gasteiger partial charge in [0, 0.05) is 44.0 Å². The summed E-state index contributed by atoms with van der Waals surface area (Å²) in [6.45, 7) is 5.12. The van der Waals surface area contributed by atoms with E-state index >= 15 is 0 Å². The Morgan fingerprint density at radius 1 is 1.22 bits per heavy atom. The van der Waals surface area contributed by atoms with E-state index < -0.39 is 23.3 Å². The molecule has 0 unspecified atom stereocenters. The van der Waals surface area contributed by atoms with Crippen molar-refractivity contribution in [2.45, 2.75) is 70.8 Å². The Morgan fingerprint density at radius 2 is 1.92 bits per heavy atom. The second-order valence-corrected chi connectivity index (χ2v) is 9.84. The number of carbonyl (C=O) groups is 1. The monoisotopic (exact) mass is 541 g/mol. The number of rotatable bonds is 8. The predicted molar refractivity (Wildman–Crippen MR) is 135 cm³/mol. The molecule has 202 valence electrons. The highest BCUT2D eigenvalue weighted by atomic mass is 35.5. The van der Waals surface area contributed by atoms with Gasteiger partial charge in [-0.3, -0.25) is 9.59 Å². The summed E-state index contributed by atoms with van der Waals surface area (Å²) in [6.07, 6.45) is 0.0239. The van der Waals surface area contributed by atoms with Gasteiger partial charge in [0.2, 0.25) is 0 Å². The lowest BCUT2D eigenvalue weighted by Gasteiger charge is -2.36. The molecule has 4 rings (SSSR count).